The molecule has 2 heterocycles. The van der Waals surface area contributed by atoms with E-state index < -0.39 is 0 Å². The Bertz CT molecular complexity index is 583. The number of benzene rings is 1. The van der Waals surface area contributed by atoms with Crippen molar-refractivity contribution in [1.29, 1.82) is 0 Å². The lowest BCUT2D eigenvalue weighted by Crippen LogP contribution is -2.40. The van der Waals surface area contributed by atoms with E-state index in [1.807, 2.05) is 0 Å². The molecule has 3 heteroatoms. The first kappa shape index (κ1) is 11.3. The molecule has 3 rings (SSSR count). The maximum Gasteiger partial charge on any atom is 0.0470 e. The molecule has 0 amide bonds. The van der Waals surface area contributed by atoms with Crippen molar-refractivity contribution in [2.75, 3.05) is 6.54 Å². The van der Waals surface area contributed by atoms with Crippen LogP contribution in [0.3, 0.4) is 0 Å². The summed E-state index contributed by atoms with van der Waals surface area (Å²) in [6.07, 6.45) is 0. The summed E-state index contributed by atoms with van der Waals surface area (Å²) in [4.78, 5) is 3.57. The molecule has 1 unspecified atom stereocenters. The van der Waals surface area contributed by atoms with E-state index in [9.17, 15) is 0 Å². The van der Waals surface area contributed by atoms with Gasteiger partial charge in [0.2, 0.25) is 0 Å². The molecule has 0 saturated carbocycles. The van der Waals surface area contributed by atoms with Crippen molar-refractivity contribution in [1.82, 2.24) is 10.3 Å². The van der Waals surface area contributed by atoms with Crippen molar-refractivity contribution < 1.29 is 0 Å². The SMILES string of the molecule is CC1NCC(C)(C)c2c1[nH]c1cc(Br)ccc21. The van der Waals surface area contributed by atoms with Gasteiger partial charge >= 0.3 is 0 Å². The summed E-state index contributed by atoms with van der Waals surface area (Å²) in [6, 6.07) is 6.91. The minimum absolute atomic E-state index is 0.188. The Morgan fingerprint density at radius 2 is 2.12 bits per heavy atom. The number of aromatic nitrogens is 1. The minimum atomic E-state index is 0.188. The Labute approximate surface area is 110 Å². The largest absolute Gasteiger partial charge is 0.357 e. The first-order valence-corrected chi connectivity index (χ1v) is 6.83. The summed E-state index contributed by atoms with van der Waals surface area (Å²) in [6.45, 7) is 7.86. The molecule has 17 heavy (non-hydrogen) atoms. The maximum absolute atomic E-state index is 3.57. The number of rotatable bonds is 0. The summed E-state index contributed by atoms with van der Waals surface area (Å²) < 4.78 is 1.13. The number of fused-ring (bicyclic) bond motifs is 3. The second kappa shape index (κ2) is 3.59. The van der Waals surface area contributed by atoms with Gasteiger partial charge < -0.3 is 10.3 Å². The molecule has 90 valence electrons. The quantitative estimate of drug-likeness (QED) is 0.758. The Hall–Kier alpha value is -0.800. The van der Waals surface area contributed by atoms with Gasteiger partial charge in [-0.15, -0.1) is 0 Å². The van der Waals surface area contributed by atoms with Crippen molar-refractivity contribution in [3.05, 3.63) is 33.9 Å². The fraction of sp³-hybridized carbons (Fsp3) is 0.429. The molecule has 2 aromatic rings. The van der Waals surface area contributed by atoms with E-state index in [0.29, 0.717) is 6.04 Å². The van der Waals surface area contributed by atoms with Gasteiger partial charge in [0.1, 0.15) is 0 Å². The van der Waals surface area contributed by atoms with E-state index >= 15 is 0 Å². The van der Waals surface area contributed by atoms with Gasteiger partial charge in [-0.3, -0.25) is 0 Å². The second-order valence-corrected chi connectivity index (χ2v) is 6.51. The standard InChI is InChI=1S/C14H17BrN2/c1-8-13-12(14(2,3)7-16-8)10-5-4-9(15)6-11(10)17-13/h4-6,8,16-17H,7H2,1-3H3. The van der Waals surface area contributed by atoms with Crippen molar-refractivity contribution in [2.24, 2.45) is 0 Å². The van der Waals surface area contributed by atoms with Gasteiger partial charge in [-0.2, -0.15) is 0 Å². The number of hydrogen-bond acceptors (Lipinski definition) is 1. The van der Waals surface area contributed by atoms with Crippen LogP contribution in [0, 0.1) is 0 Å². The van der Waals surface area contributed by atoms with E-state index in [2.05, 4.69) is 65.2 Å². The molecule has 1 aromatic heterocycles. The van der Waals surface area contributed by atoms with Gasteiger partial charge in [0.15, 0.2) is 0 Å². The lowest BCUT2D eigenvalue weighted by molar-refractivity contribution is 0.394. The first-order valence-electron chi connectivity index (χ1n) is 6.04. The third-order valence-corrected chi connectivity index (χ3v) is 4.24. The van der Waals surface area contributed by atoms with Gasteiger partial charge in [-0.25, -0.2) is 0 Å². The number of halogens is 1. The lowest BCUT2D eigenvalue weighted by atomic mass is 9.79. The fourth-order valence-electron chi connectivity index (χ4n) is 2.84. The predicted molar refractivity (Wildman–Crippen MR) is 75.4 cm³/mol. The van der Waals surface area contributed by atoms with Gasteiger partial charge in [-0.1, -0.05) is 35.8 Å². The summed E-state index contributed by atoms with van der Waals surface area (Å²) >= 11 is 3.53. The van der Waals surface area contributed by atoms with Crippen LogP contribution in [0.15, 0.2) is 22.7 Å². The van der Waals surface area contributed by atoms with E-state index in [1.165, 1.54) is 22.2 Å². The number of nitrogens with one attached hydrogen (secondary N) is 2. The summed E-state index contributed by atoms with van der Waals surface area (Å²) in [5.74, 6) is 0. The Balaban J connectivity index is 2.36. The number of hydrogen-bond donors (Lipinski definition) is 2. The fourth-order valence-corrected chi connectivity index (χ4v) is 3.20. The van der Waals surface area contributed by atoms with E-state index in [4.69, 9.17) is 0 Å². The molecular formula is C14H17BrN2. The number of aromatic amines is 1. The molecule has 1 aromatic carbocycles. The lowest BCUT2D eigenvalue weighted by Gasteiger charge is -2.34. The highest BCUT2D eigenvalue weighted by molar-refractivity contribution is 9.10. The van der Waals surface area contributed by atoms with Crippen LogP contribution >= 0.6 is 15.9 Å². The monoisotopic (exact) mass is 292 g/mol. The highest BCUT2D eigenvalue weighted by Crippen LogP contribution is 2.39. The van der Waals surface area contributed by atoms with Crippen molar-refractivity contribution in [3.63, 3.8) is 0 Å². The van der Waals surface area contributed by atoms with E-state index in [-0.39, 0.29) is 5.41 Å². The molecule has 1 atom stereocenters. The van der Waals surface area contributed by atoms with Gasteiger partial charge in [0.25, 0.3) is 0 Å². The molecule has 2 N–H and O–H groups in total. The van der Waals surface area contributed by atoms with Crippen LogP contribution in [0.2, 0.25) is 0 Å². The Morgan fingerprint density at radius 1 is 1.35 bits per heavy atom. The molecule has 0 bridgehead atoms. The van der Waals surface area contributed by atoms with Gasteiger partial charge in [0, 0.05) is 39.1 Å². The molecule has 0 radical (unpaired) electrons. The van der Waals surface area contributed by atoms with Crippen LogP contribution in [0.25, 0.3) is 10.9 Å². The molecule has 1 aliphatic rings. The predicted octanol–water partition coefficient (Wildman–Crippen LogP) is 3.87. The Kier molecular flexibility index (Phi) is 2.39. The van der Waals surface area contributed by atoms with Crippen molar-refractivity contribution >= 4 is 26.8 Å². The average molecular weight is 293 g/mol. The third-order valence-electron chi connectivity index (χ3n) is 3.75. The molecule has 2 nitrogen and oxygen atoms in total. The first-order chi connectivity index (χ1) is 7.99. The Morgan fingerprint density at radius 3 is 2.88 bits per heavy atom. The van der Waals surface area contributed by atoms with Gasteiger partial charge in [-0.05, 0) is 24.6 Å². The molecule has 0 fully saturated rings. The van der Waals surface area contributed by atoms with Crippen LogP contribution in [0.5, 0.6) is 0 Å². The molecule has 1 aliphatic heterocycles. The zero-order valence-corrected chi connectivity index (χ0v) is 12.0. The molecular weight excluding hydrogens is 276 g/mol. The summed E-state index contributed by atoms with van der Waals surface area (Å²) in [5.41, 5.74) is 4.24. The number of H-pyrrole nitrogens is 1. The highest BCUT2D eigenvalue weighted by atomic mass is 79.9. The van der Waals surface area contributed by atoms with Crippen LogP contribution in [-0.2, 0) is 5.41 Å². The maximum atomic E-state index is 3.57. The van der Waals surface area contributed by atoms with E-state index in [0.717, 1.165) is 11.0 Å². The highest BCUT2D eigenvalue weighted by Gasteiger charge is 2.33. The second-order valence-electron chi connectivity index (χ2n) is 5.59. The summed E-state index contributed by atoms with van der Waals surface area (Å²) in [7, 11) is 0. The van der Waals surface area contributed by atoms with Crippen LogP contribution in [-0.4, -0.2) is 11.5 Å². The topological polar surface area (TPSA) is 27.8 Å². The minimum Gasteiger partial charge on any atom is -0.357 e. The molecule has 0 saturated heterocycles. The zero-order chi connectivity index (χ0) is 12.2. The van der Waals surface area contributed by atoms with Crippen LogP contribution in [0.1, 0.15) is 38.1 Å². The smallest absolute Gasteiger partial charge is 0.0470 e. The molecule has 0 spiro atoms. The zero-order valence-electron chi connectivity index (χ0n) is 10.4. The van der Waals surface area contributed by atoms with Crippen LogP contribution < -0.4 is 5.32 Å². The van der Waals surface area contributed by atoms with Crippen LogP contribution in [0.4, 0.5) is 0 Å². The van der Waals surface area contributed by atoms with Crippen molar-refractivity contribution in [2.45, 2.75) is 32.2 Å². The third kappa shape index (κ3) is 1.64. The summed E-state index contributed by atoms with van der Waals surface area (Å²) in [5, 5.41) is 4.92. The normalized spacial score (nSPS) is 22.7. The average Bonchev–Trinajstić information content (AvgIpc) is 2.64. The van der Waals surface area contributed by atoms with Gasteiger partial charge in [0.05, 0.1) is 0 Å². The molecule has 0 aliphatic carbocycles. The van der Waals surface area contributed by atoms with Crippen molar-refractivity contribution in [3.8, 4) is 0 Å². The van der Waals surface area contributed by atoms with E-state index in [1.54, 1.807) is 0 Å².